The molecule has 11 aromatic rings. The Morgan fingerprint density at radius 2 is 0.891 bits per heavy atom. The Morgan fingerprint density at radius 3 is 1.49 bits per heavy atom. The molecule has 0 aliphatic rings. The Morgan fingerprint density at radius 1 is 0.382 bits per heavy atom. The maximum Gasteiger partial charge on any atom is 0.227 e. The standard InChI is InChI=1S/C47H28N6O2/c1-4-13-29(14-5-1)46-48-37-27-31(23-25-40(37)54-46)43-50-44(32-24-26-41-38(28-32)49-47(55-41)30-15-6-2-7-16-30)52-45(51-43)36-21-12-20-35-34-19-10-11-22-39(34)53(42(35)36)33-17-8-3-9-18-33/h1-28H. The van der Waals surface area contributed by atoms with Gasteiger partial charge in [0.2, 0.25) is 11.8 Å². The Labute approximate surface area is 314 Å². The molecule has 0 amide bonds. The molecule has 8 heteroatoms. The first-order valence-electron chi connectivity index (χ1n) is 18.0. The van der Waals surface area contributed by atoms with Gasteiger partial charge in [0.25, 0.3) is 0 Å². The number of benzene rings is 7. The molecule has 258 valence electrons. The van der Waals surface area contributed by atoms with Crippen LogP contribution < -0.4 is 0 Å². The molecule has 0 aliphatic carbocycles. The molecular weight excluding hydrogens is 681 g/mol. The highest BCUT2D eigenvalue weighted by Crippen LogP contribution is 2.38. The van der Waals surface area contributed by atoms with E-state index >= 15 is 0 Å². The first-order chi connectivity index (χ1) is 27.2. The summed E-state index contributed by atoms with van der Waals surface area (Å²) in [7, 11) is 0. The van der Waals surface area contributed by atoms with Gasteiger partial charge in [-0.15, -0.1) is 0 Å². The molecule has 0 atom stereocenters. The summed E-state index contributed by atoms with van der Waals surface area (Å²) in [5.74, 6) is 2.68. The van der Waals surface area contributed by atoms with Crippen LogP contribution in [0.3, 0.4) is 0 Å². The lowest BCUT2D eigenvalue weighted by Gasteiger charge is -2.12. The second kappa shape index (κ2) is 12.5. The summed E-state index contributed by atoms with van der Waals surface area (Å²) in [6.07, 6.45) is 0. The average molecular weight is 709 g/mol. The molecule has 8 nitrogen and oxygen atoms in total. The number of para-hydroxylation sites is 3. The first kappa shape index (κ1) is 30.9. The van der Waals surface area contributed by atoms with Gasteiger partial charge < -0.3 is 13.4 Å². The van der Waals surface area contributed by atoms with Gasteiger partial charge in [-0.2, -0.15) is 0 Å². The summed E-state index contributed by atoms with van der Waals surface area (Å²) in [6.45, 7) is 0. The summed E-state index contributed by atoms with van der Waals surface area (Å²) in [4.78, 5) is 25.2. The van der Waals surface area contributed by atoms with E-state index in [-0.39, 0.29) is 0 Å². The molecule has 4 aromatic heterocycles. The van der Waals surface area contributed by atoms with Crippen LogP contribution in [0.15, 0.2) is 179 Å². The summed E-state index contributed by atoms with van der Waals surface area (Å²) in [5, 5.41) is 2.25. The highest BCUT2D eigenvalue weighted by atomic mass is 16.4. The van der Waals surface area contributed by atoms with Crippen molar-refractivity contribution in [1.29, 1.82) is 0 Å². The number of oxazole rings is 2. The van der Waals surface area contributed by atoms with Gasteiger partial charge in [0.1, 0.15) is 11.0 Å². The van der Waals surface area contributed by atoms with Crippen molar-refractivity contribution in [2.75, 3.05) is 0 Å². The van der Waals surface area contributed by atoms with Crippen LogP contribution in [0.4, 0.5) is 0 Å². The molecule has 11 rings (SSSR count). The second-order valence-corrected chi connectivity index (χ2v) is 13.3. The first-order valence-corrected chi connectivity index (χ1v) is 18.0. The van der Waals surface area contributed by atoms with E-state index in [9.17, 15) is 0 Å². The van der Waals surface area contributed by atoms with E-state index in [2.05, 4.69) is 71.3 Å². The maximum absolute atomic E-state index is 6.16. The average Bonchev–Trinajstić information content (AvgIpc) is 3.98. The molecule has 0 saturated carbocycles. The quantitative estimate of drug-likeness (QED) is 0.170. The Hall–Kier alpha value is -7.71. The number of aromatic nitrogens is 6. The lowest BCUT2D eigenvalue weighted by Crippen LogP contribution is -2.02. The largest absolute Gasteiger partial charge is 0.436 e. The minimum absolute atomic E-state index is 0.510. The molecule has 0 aliphatic heterocycles. The van der Waals surface area contributed by atoms with E-state index in [0.29, 0.717) is 51.5 Å². The molecule has 0 N–H and O–H groups in total. The highest BCUT2D eigenvalue weighted by molar-refractivity contribution is 6.13. The molecular formula is C47H28N6O2. The minimum atomic E-state index is 0.510. The van der Waals surface area contributed by atoms with Crippen LogP contribution in [-0.4, -0.2) is 29.5 Å². The van der Waals surface area contributed by atoms with Crippen LogP contribution >= 0.6 is 0 Å². The number of rotatable bonds is 6. The van der Waals surface area contributed by atoms with Gasteiger partial charge in [-0.1, -0.05) is 84.9 Å². The topological polar surface area (TPSA) is 95.7 Å². The molecule has 0 fully saturated rings. The van der Waals surface area contributed by atoms with Crippen LogP contribution in [-0.2, 0) is 0 Å². The smallest absolute Gasteiger partial charge is 0.227 e. The van der Waals surface area contributed by atoms with Crippen molar-refractivity contribution in [2.45, 2.75) is 0 Å². The summed E-state index contributed by atoms with van der Waals surface area (Å²) in [5.41, 5.74) is 10.2. The van der Waals surface area contributed by atoms with Crippen molar-refractivity contribution in [2.24, 2.45) is 0 Å². The van der Waals surface area contributed by atoms with Gasteiger partial charge in [0, 0.05) is 44.3 Å². The molecule has 7 aromatic carbocycles. The van der Waals surface area contributed by atoms with Crippen LogP contribution in [0.1, 0.15) is 0 Å². The lowest BCUT2D eigenvalue weighted by molar-refractivity contribution is 0.619. The molecule has 0 unspecified atom stereocenters. The van der Waals surface area contributed by atoms with Gasteiger partial charge in [-0.05, 0) is 84.9 Å². The fourth-order valence-corrected chi connectivity index (χ4v) is 7.34. The molecule has 0 bridgehead atoms. The Bertz CT molecular complexity index is 3070. The summed E-state index contributed by atoms with van der Waals surface area (Å²) >= 11 is 0. The van der Waals surface area contributed by atoms with E-state index < -0.39 is 0 Å². The van der Waals surface area contributed by atoms with E-state index in [1.807, 2.05) is 103 Å². The maximum atomic E-state index is 6.16. The van der Waals surface area contributed by atoms with Gasteiger partial charge in [-0.25, -0.2) is 24.9 Å². The minimum Gasteiger partial charge on any atom is -0.436 e. The number of hydrogen-bond acceptors (Lipinski definition) is 7. The third-order valence-corrected chi connectivity index (χ3v) is 9.92. The summed E-state index contributed by atoms with van der Waals surface area (Å²) < 4.78 is 14.6. The number of nitrogens with zero attached hydrogens (tertiary/aromatic N) is 6. The third kappa shape index (κ3) is 5.27. The van der Waals surface area contributed by atoms with Gasteiger partial charge in [0.15, 0.2) is 28.6 Å². The van der Waals surface area contributed by atoms with Crippen LogP contribution in [0.2, 0.25) is 0 Å². The van der Waals surface area contributed by atoms with E-state index in [0.717, 1.165) is 55.3 Å². The van der Waals surface area contributed by atoms with E-state index in [1.165, 1.54) is 0 Å². The van der Waals surface area contributed by atoms with Crippen molar-refractivity contribution >= 4 is 44.0 Å². The fourth-order valence-electron chi connectivity index (χ4n) is 7.34. The van der Waals surface area contributed by atoms with Crippen LogP contribution in [0.5, 0.6) is 0 Å². The van der Waals surface area contributed by atoms with Crippen molar-refractivity contribution in [1.82, 2.24) is 29.5 Å². The second-order valence-electron chi connectivity index (χ2n) is 13.3. The van der Waals surface area contributed by atoms with Crippen LogP contribution in [0, 0.1) is 0 Å². The monoisotopic (exact) mass is 708 g/mol. The Kier molecular flexibility index (Phi) is 6.99. The molecule has 4 heterocycles. The predicted molar refractivity (Wildman–Crippen MR) is 216 cm³/mol. The van der Waals surface area contributed by atoms with Gasteiger partial charge in [0.05, 0.1) is 11.0 Å². The van der Waals surface area contributed by atoms with Crippen molar-refractivity contribution < 1.29 is 8.83 Å². The molecule has 0 radical (unpaired) electrons. The fraction of sp³-hybridized carbons (Fsp3) is 0. The van der Waals surface area contributed by atoms with E-state index in [4.69, 9.17) is 33.8 Å². The van der Waals surface area contributed by atoms with Crippen LogP contribution in [0.25, 0.3) is 107 Å². The predicted octanol–water partition coefficient (Wildman–Crippen LogP) is 11.6. The highest BCUT2D eigenvalue weighted by Gasteiger charge is 2.21. The zero-order valence-corrected chi connectivity index (χ0v) is 29.2. The molecule has 55 heavy (non-hydrogen) atoms. The van der Waals surface area contributed by atoms with Crippen molar-refractivity contribution in [3.63, 3.8) is 0 Å². The van der Waals surface area contributed by atoms with E-state index in [1.54, 1.807) is 0 Å². The lowest BCUT2D eigenvalue weighted by atomic mass is 10.1. The Balaban J connectivity index is 1.13. The van der Waals surface area contributed by atoms with Gasteiger partial charge >= 0.3 is 0 Å². The molecule has 0 spiro atoms. The normalized spacial score (nSPS) is 11.6. The van der Waals surface area contributed by atoms with Crippen molar-refractivity contribution in [3.8, 4) is 62.8 Å². The van der Waals surface area contributed by atoms with Gasteiger partial charge in [-0.3, -0.25) is 0 Å². The SMILES string of the molecule is c1ccc(-c2nc3cc(-c4nc(-c5ccc6oc(-c7ccccc7)nc6c5)nc(-c5cccc6c7ccccc7n(-c7ccccc7)c56)n4)ccc3o2)cc1. The zero-order chi connectivity index (χ0) is 36.3. The third-order valence-electron chi connectivity index (χ3n) is 9.92. The van der Waals surface area contributed by atoms with Crippen molar-refractivity contribution in [3.05, 3.63) is 170 Å². The number of hydrogen-bond donors (Lipinski definition) is 0. The summed E-state index contributed by atoms with van der Waals surface area (Å²) in [6, 6.07) is 56.7. The molecule has 0 saturated heterocycles. The zero-order valence-electron chi connectivity index (χ0n) is 29.2. The number of fused-ring (bicyclic) bond motifs is 5.